The first-order valence-electron chi connectivity index (χ1n) is 5.39. The van der Waals surface area contributed by atoms with Crippen molar-refractivity contribution in [1.29, 1.82) is 0 Å². The molecule has 17 heavy (non-hydrogen) atoms. The molecule has 0 saturated heterocycles. The number of carboxylic acids is 2. The summed E-state index contributed by atoms with van der Waals surface area (Å²) in [5.74, 6) is -2.30. The first-order valence-corrected chi connectivity index (χ1v) is 5.39. The highest BCUT2D eigenvalue weighted by Gasteiger charge is 2.31. The van der Waals surface area contributed by atoms with Crippen molar-refractivity contribution < 1.29 is 24.6 Å². The summed E-state index contributed by atoms with van der Waals surface area (Å²) in [5.41, 5.74) is 0. The molecule has 0 spiro atoms. The molecule has 3 N–H and O–H groups in total. The van der Waals surface area contributed by atoms with E-state index in [-0.39, 0.29) is 18.9 Å². The minimum atomic E-state index is -1.22. The van der Waals surface area contributed by atoms with Crippen LogP contribution in [-0.2, 0) is 9.59 Å². The number of aliphatic carboxylic acids is 2. The first kappa shape index (κ1) is 13.3. The molecule has 0 bridgehead atoms. The fraction of sp³-hybridized carbons (Fsp3) is 0.700. The predicted molar refractivity (Wildman–Crippen MR) is 57.6 cm³/mol. The van der Waals surface area contributed by atoms with Crippen molar-refractivity contribution in [2.45, 2.75) is 37.8 Å². The molecule has 1 rings (SSSR count). The highest BCUT2D eigenvalue weighted by molar-refractivity contribution is 5.83. The summed E-state index contributed by atoms with van der Waals surface area (Å²) in [6.45, 7) is 0. The SMILES string of the molecule is CN(C(=O)NC(CCC(=O)O)C(=O)O)C1CC1. The van der Waals surface area contributed by atoms with Crippen LogP contribution in [0.15, 0.2) is 0 Å². The van der Waals surface area contributed by atoms with E-state index < -0.39 is 24.0 Å². The molecule has 0 aliphatic heterocycles. The Morgan fingerprint density at radius 1 is 1.35 bits per heavy atom. The van der Waals surface area contributed by atoms with Crippen molar-refractivity contribution in [1.82, 2.24) is 10.2 Å². The van der Waals surface area contributed by atoms with Gasteiger partial charge in [0.15, 0.2) is 0 Å². The average molecular weight is 244 g/mol. The first-order chi connectivity index (χ1) is 7.91. The van der Waals surface area contributed by atoms with Gasteiger partial charge < -0.3 is 20.4 Å². The number of rotatable bonds is 6. The molecule has 1 unspecified atom stereocenters. The lowest BCUT2D eigenvalue weighted by atomic mass is 10.1. The average Bonchev–Trinajstić information content (AvgIpc) is 3.05. The maximum atomic E-state index is 11.6. The van der Waals surface area contributed by atoms with Gasteiger partial charge in [0.1, 0.15) is 6.04 Å². The molecule has 96 valence electrons. The minimum Gasteiger partial charge on any atom is -0.481 e. The van der Waals surface area contributed by atoms with Crippen LogP contribution >= 0.6 is 0 Å². The largest absolute Gasteiger partial charge is 0.481 e. The summed E-state index contributed by atoms with van der Waals surface area (Å²) < 4.78 is 0. The van der Waals surface area contributed by atoms with E-state index in [1.165, 1.54) is 4.90 Å². The fourth-order valence-electron chi connectivity index (χ4n) is 1.40. The summed E-state index contributed by atoms with van der Waals surface area (Å²) >= 11 is 0. The summed E-state index contributed by atoms with van der Waals surface area (Å²) in [5, 5.41) is 19.6. The van der Waals surface area contributed by atoms with E-state index in [2.05, 4.69) is 5.32 Å². The van der Waals surface area contributed by atoms with Crippen LogP contribution in [0.2, 0.25) is 0 Å². The zero-order valence-electron chi connectivity index (χ0n) is 9.55. The Bertz CT molecular complexity index is 327. The number of nitrogens with zero attached hydrogens (tertiary/aromatic N) is 1. The molecule has 7 nitrogen and oxygen atoms in total. The third-order valence-corrected chi connectivity index (χ3v) is 2.66. The third kappa shape index (κ3) is 4.29. The van der Waals surface area contributed by atoms with Gasteiger partial charge in [0.25, 0.3) is 0 Å². The maximum Gasteiger partial charge on any atom is 0.326 e. The van der Waals surface area contributed by atoms with Crippen LogP contribution in [0.1, 0.15) is 25.7 Å². The Morgan fingerprint density at radius 3 is 2.35 bits per heavy atom. The number of nitrogens with one attached hydrogen (secondary N) is 1. The molecule has 0 aromatic rings. The van der Waals surface area contributed by atoms with E-state index in [1.54, 1.807) is 7.05 Å². The van der Waals surface area contributed by atoms with Crippen molar-refractivity contribution in [2.24, 2.45) is 0 Å². The van der Waals surface area contributed by atoms with Gasteiger partial charge in [0.05, 0.1) is 0 Å². The van der Waals surface area contributed by atoms with Gasteiger partial charge in [-0.05, 0) is 19.3 Å². The summed E-state index contributed by atoms with van der Waals surface area (Å²) in [4.78, 5) is 34.2. The molecule has 0 aromatic heterocycles. The van der Waals surface area contributed by atoms with E-state index in [1.807, 2.05) is 0 Å². The molecule has 0 radical (unpaired) electrons. The zero-order valence-corrected chi connectivity index (χ0v) is 9.55. The van der Waals surface area contributed by atoms with Crippen LogP contribution in [0.5, 0.6) is 0 Å². The normalized spacial score (nSPS) is 16.1. The maximum absolute atomic E-state index is 11.6. The number of hydrogen-bond donors (Lipinski definition) is 3. The van der Waals surface area contributed by atoms with E-state index >= 15 is 0 Å². The standard InChI is InChI=1S/C10H16N2O5/c1-12(6-2-3-6)10(17)11-7(9(15)16)4-5-8(13)14/h6-7H,2-5H2,1H3,(H,11,17)(H,13,14)(H,15,16). The molecule has 2 amide bonds. The van der Waals surface area contributed by atoms with E-state index in [0.29, 0.717) is 0 Å². The topological polar surface area (TPSA) is 107 Å². The van der Waals surface area contributed by atoms with Crippen LogP contribution in [-0.4, -0.2) is 52.2 Å². The Morgan fingerprint density at radius 2 is 1.94 bits per heavy atom. The van der Waals surface area contributed by atoms with Crippen molar-refractivity contribution >= 4 is 18.0 Å². The number of carboxylic acid groups (broad SMARTS) is 2. The number of amides is 2. The van der Waals surface area contributed by atoms with Gasteiger partial charge in [-0.1, -0.05) is 0 Å². The second kappa shape index (κ2) is 5.51. The molecule has 0 heterocycles. The molecule has 1 fully saturated rings. The van der Waals surface area contributed by atoms with E-state index in [9.17, 15) is 14.4 Å². The smallest absolute Gasteiger partial charge is 0.326 e. The molecule has 1 aliphatic carbocycles. The lowest BCUT2D eigenvalue weighted by Gasteiger charge is -2.20. The molecular weight excluding hydrogens is 228 g/mol. The summed E-state index contributed by atoms with van der Waals surface area (Å²) in [7, 11) is 1.60. The highest BCUT2D eigenvalue weighted by Crippen LogP contribution is 2.25. The van der Waals surface area contributed by atoms with Gasteiger partial charge in [0, 0.05) is 19.5 Å². The van der Waals surface area contributed by atoms with Gasteiger partial charge in [-0.2, -0.15) is 0 Å². The minimum absolute atomic E-state index is 0.116. The van der Waals surface area contributed by atoms with Crippen LogP contribution in [0.4, 0.5) is 4.79 Å². The Balaban J connectivity index is 2.44. The fourth-order valence-corrected chi connectivity index (χ4v) is 1.40. The monoisotopic (exact) mass is 244 g/mol. The number of hydrogen-bond acceptors (Lipinski definition) is 3. The highest BCUT2D eigenvalue weighted by atomic mass is 16.4. The van der Waals surface area contributed by atoms with E-state index in [4.69, 9.17) is 10.2 Å². The summed E-state index contributed by atoms with van der Waals surface area (Å²) in [6.07, 6.45) is 1.45. The van der Waals surface area contributed by atoms with Crippen LogP contribution in [0.3, 0.4) is 0 Å². The number of urea groups is 1. The lowest BCUT2D eigenvalue weighted by molar-refractivity contribution is -0.140. The Labute approximate surface area is 98.4 Å². The van der Waals surface area contributed by atoms with Crippen molar-refractivity contribution in [3.63, 3.8) is 0 Å². The van der Waals surface area contributed by atoms with Crippen molar-refractivity contribution in [3.8, 4) is 0 Å². The van der Waals surface area contributed by atoms with Gasteiger partial charge in [-0.25, -0.2) is 9.59 Å². The quantitative estimate of drug-likeness (QED) is 0.614. The molecular formula is C10H16N2O5. The van der Waals surface area contributed by atoms with Crippen molar-refractivity contribution in [3.05, 3.63) is 0 Å². The molecule has 1 aliphatic rings. The second-order valence-electron chi connectivity index (χ2n) is 4.11. The Kier molecular flexibility index (Phi) is 4.30. The van der Waals surface area contributed by atoms with Gasteiger partial charge in [-0.3, -0.25) is 4.79 Å². The predicted octanol–water partition coefficient (Wildman–Crippen LogP) is 0.108. The molecule has 7 heteroatoms. The number of carbonyl (C=O) groups is 3. The van der Waals surface area contributed by atoms with Gasteiger partial charge >= 0.3 is 18.0 Å². The van der Waals surface area contributed by atoms with Crippen LogP contribution < -0.4 is 5.32 Å². The lowest BCUT2D eigenvalue weighted by Crippen LogP contribution is -2.47. The van der Waals surface area contributed by atoms with Gasteiger partial charge in [0.2, 0.25) is 0 Å². The molecule has 1 atom stereocenters. The molecule has 1 saturated carbocycles. The van der Waals surface area contributed by atoms with E-state index in [0.717, 1.165) is 12.8 Å². The van der Waals surface area contributed by atoms with Crippen LogP contribution in [0.25, 0.3) is 0 Å². The van der Waals surface area contributed by atoms with Crippen LogP contribution in [0, 0.1) is 0 Å². The second-order valence-corrected chi connectivity index (χ2v) is 4.11. The summed E-state index contributed by atoms with van der Waals surface area (Å²) in [6, 6.07) is -1.44. The third-order valence-electron chi connectivity index (χ3n) is 2.66. The van der Waals surface area contributed by atoms with Gasteiger partial charge in [-0.15, -0.1) is 0 Å². The molecule has 0 aromatic carbocycles. The zero-order chi connectivity index (χ0) is 13.0. The number of carbonyl (C=O) groups excluding carboxylic acids is 1. The van der Waals surface area contributed by atoms with Crippen molar-refractivity contribution in [2.75, 3.05) is 7.05 Å². The Hall–Kier alpha value is -1.79.